The van der Waals surface area contributed by atoms with Gasteiger partial charge in [-0.05, 0) is 12.1 Å². The van der Waals surface area contributed by atoms with Gasteiger partial charge in [0.2, 0.25) is 0 Å². The molecule has 7 nitrogen and oxygen atoms in total. The number of para-hydroxylation sites is 1. The van der Waals surface area contributed by atoms with E-state index in [1.165, 1.54) is 21.3 Å². The van der Waals surface area contributed by atoms with E-state index in [1.54, 1.807) is 18.2 Å². The van der Waals surface area contributed by atoms with Crippen LogP contribution in [0, 0.1) is 0 Å². The third-order valence-corrected chi connectivity index (χ3v) is 4.53. The minimum atomic E-state index is -0.480. The Morgan fingerprint density at radius 2 is 1.81 bits per heavy atom. The smallest absolute Gasteiger partial charge is 0.350 e. The van der Waals surface area contributed by atoms with E-state index in [0.29, 0.717) is 32.8 Å². The highest BCUT2D eigenvalue weighted by atomic mass is 32.1. The molecule has 1 amide bonds. The first-order valence-corrected chi connectivity index (χ1v) is 8.66. The molecular formula is C18H22N2O5S. The Balaban J connectivity index is 2.39. The molecule has 0 spiro atoms. The van der Waals surface area contributed by atoms with Crippen LogP contribution in [0.1, 0.15) is 46.5 Å². The zero-order valence-corrected chi connectivity index (χ0v) is 16.4. The van der Waals surface area contributed by atoms with Gasteiger partial charge in [-0.1, -0.05) is 38.2 Å². The first kappa shape index (κ1) is 19.7. The van der Waals surface area contributed by atoms with E-state index >= 15 is 0 Å². The first-order chi connectivity index (χ1) is 12.2. The van der Waals surface area contributed by atoms with Crippen LogP contribution in [0.25, 0.3) is 0 Å². The van der Waals surface area contributed by atoms with Gasteiger partial charge in [-0.25, -0.2) is 9.78 Å². The molecule has 2 rings (SSSR count). The van der Waals surface area contributed by atoms with E-state index in [9.17, 15) is 9.59 Å². The lowest BCUT2D eigenvalue weighted by molar-refractivity contribution is 0.0603. The van der Waals surface area contributed by atoms with Crippen molar-refractivity contribution in [3.63, 3.8) is 0 Å². The maximum atomic E-state index is 12.7. The van der Waals surface area contributed by atoms with Crippen LogP contribution >= 0.6 is 11.3 Å². The van der Waals surface area contributed by atoms with Crippen molar-refractivity contribution in [2.75, 3.05) is 26.6 Å². The highest BCUT2D eigenvalue weighted by Gasteiger charge is 2.28. The molecule has 8 heteroatoms. The zero-order chi connectivity index (χ0) is 19.5. The summed E-state index contributed by atoms with van der Waals surface area (Å²) < 4.78 is 15.3. The van der Waals surface area contributed by atoms with E-state index in [1.807, 2.05) is 20.8 Å². The van der Waals surface area contributed by atoms with Crippen molar-refractivity contribution in [2.45, 2.75) is 26.2 Å². The van der Waals surface area contributed by atoms with Crippen molar-refractivity contribution in [1.29, 1.82) is 0 Å². The second kappa shape index (κ2) is 7.74. The lowest BCUT2D eigenvalue weighted by Gasteiger charge is -2.16. The van der Waals surface area contributed by atoms with Gasteiger partial charge in [-0.15, -0.1) is 0 Å². The molecule has 0 aliphatic heterocycles. The lowest BCUT2D eigenvalue weighted by atomic mass is 9.91. The summed E-state index contributed by atoms with van der Waals surface area (Å²) in [5.74, 6) is -0.114. The van der Waals surface area contributed by atoms with Crippen molar-refractivity contribution < 1.29 is 23.8 Å². The molecule has 140 valence electrons. The minimum Gasteiger partial charge on any atom is -0.493 e. The third kappa shape index (κ3) is 3.96. The Morgan fingerprint density at radius 1 is 1.12 bits per heavy atom. The van der Waals surface area contributed by atoms with Crippen LogP contribution in [0.2, 0.25) is 0 Å². The number of methoxy groups -OCH3 is 3. The fourth-order valence-corrected chi connectivity index (χ4v) is 3.43. The number of benzene rings is 1. The van der Waals surface area contributed by atoms with Crippen molar-refractivity contribution in [1.82, 2.24) is 4.98 Å². The van der Waals surface area contributed by atoms with Crippen LogP contribution in [0.5, 0.6) is 11.5 Å². The molecule has 0 bridgehead atoms. The van der Waals surface area contributed by atoms with Gasteiger partial charge in [-0.3, -0.25) is 10.1 Å². The number of thiazole rings is 1. The predicted molar refractivity (Wildman–Crippen MR) is 99.7 cm³/mol. The largest absolute Gasteiger partial charge is 0.493 e. The number of carbonyl (C=O) groups excluding carboxylic acids is 2. The van der Waals surface area contributed by atoms with Crippen molar-refractivity contribution >= 4 is 28.3 Å². The van der Waals surface area contributed by atoms with E-state index in [2.05, 4.69) is 10.3 Å². The number of carbonyl (C=O) groups is 2. The predicted octanol–water partition coefficient (Wildman–Crippen LogP) is 3.50. The number of hydrogen-bond acceptors (Lipinski definition) is 7. The average molecular weight is 378 g/mol. The molecule has 1 aromatic carbocycles. The summed E-state index contributed by atoms with van der Waals surface area (Å²) in [5.41, 5.74) is 0.498. The van der Waals surface area contributed by atoms with Gasteiger partial charge >= 0.3 is 5.97 Å². The number of nitrogens with one attached hydrogen (secondary N) is 1. The first-order valence-electron chi connectivity index (χ1n) is 7.84. The Kier molecular flexibility index (Phi) is 5.86. The van der Waals surface area contributed by atoms with Gasteiger partial charge in [0, 0.05) is 5.41 Å². The Morgan fingerprint density at radius 3 is 2.35 bits per heavy atom. The standard InChI is InChI=1S/C18H22N2O5S/c1-18(2,3)14-13(16(22)25-6)26-17(19-14)20-15(21)10-8-7-9-11(23-4)12(10)24-5/h7-9H,1-6H3,(H,19,20,21). The Hall–Kier alpha value is -2.61. The molecule has 0 saturated carbocycles. The zero-order valence-electron chi connectivity index (χ0n) is 15.6. The average Bonchev–Trinajstić information content (AvgIpc) is 3.04. The molecular weight excluding hydrogens is 356 g/mol. The molecule has 0 saturated heterocycles. The molecule has 1 N–H and O–H groups in total. The van der Waals surface area contributed by atoms with Crippen LogP contribution in [-0.4, -0.2) is 38.2 Å². The van der Waals surface area contributed by atoms with Crippen molar-refractivity contribution in [2.24, 2.45) is 0 Å². The summed E-state index contributed by atoms with van der Waals surface area (Å²) in [6.07, 6.45) is 0. The molecule has 2 aromatic rings. The van der Waals surface area contributed by atoms with Gasteiger partial charge in [0.1, 0.15) is 4.88 Å². The minimum absolute atomic E-state index is 0.305. The molecule has 0 unspecified atom stereocenters. The number of esters is 1. The molecule has 0 radical (unpaired) electrons. The second-order valence-electron chi connectivity index (χ2n) is 6.43. The highest BCUT2D eigenvalue weighted by Crippen LogP contribution is 2.34. The second-order valence-corrected chi connectivity index (χ2v) is 7.43. The lowest BCUT2D eigenvalue weighted by Crippen LogP contribution is -2.17. The fourth-order valence-electron chi connectivity index (χ4n) is 2.34. The number of hydrogen-bond donors (Lipinski definition) is 1. The normalized spacial score (nSPS) is 11.0. The fraction of sp³-hybridized carbons (Fsp3) is 0.389. The molecule has 0 atom stereocenters. The van der Waals surface area contributed by atoms with E-state index < -0.39 is 11.9 Å². The molecule has 0 fully saturated rings. The number of amides is 1. The number of nitrogens with zero attached hydrogens (tertiary/aromatic N) is 1. The van der Waals surface area contributed by atoms with E-state index in [4.69, 9.17) is 14.2 Å². The maximum Gasteiger partial charge on any atom is 0.350 e. The van der Waals surface area contributed by atoms with E-state index in [0.717, 1.165) is 11.3 Å². The summed E-state index contributed by atoms with van der Waals surface area (Å²) in [7, 11) is 4.28. The summed E-state index contributed by atoms with van der Waals surface area (Å²) in [5, 5.41) is 3.03. The number of anilines is 1. The van der Waals surface area contributed by atoms with Crippen molar-refractivity contribution in [3.05, 3.63) is 34.3 Å². The maximum absolute atomic E-state index is 12.7. The monoisotopic (exact) mass is 378 g/mol. The molecule has 0 aliphatic carbocycles. The van der Waals surface area contributed by atoms with E-state index in [-0.39, 0.29) is 5.41 Å². The molecule has 26 heavy (non-hydrogen) atoms. The van der Waals surface area contributed by atoms with Crippen LogP contribution in [0.3, 0.4) is 0 Å². The van der Waals surface area contributed by atoms with Gasteiger partial charge in [0.05, 0.1) is 32.6 Å². The van der Waals surface area contributed by atoms with Gasteiger partial charge in [0.15, 0.2) is 16.6 Å². The van der Waals surface area contributed by atoms with Crippen LogP contribution in [0.4, 0.5) is 5.13 Å². The number of rotatable bonds is 5. The summed E-state index contributed by atoms with van der Waals surface area (Å²) in [6, 6.07) is 5.01. The topological polar surface area (TPSA) is 86.8 Å². The van der Waals surface area contributed by atoms with Crippen LogP contribution in [-0.2, 0) is 10.2 Å². The quantitative estimate of drug-likeness (QED) is 0.802. The molecule has 1 heterocycles. The number of aromatic nitrogens is 1. The van der Waals surface area contributed by atoms with Crippen LogP contribution < -0.4 is 14.8 Å². The highest BCUT2D eigenvalue weighted by molar-refractivity contribution is 7.17. The summed E-state index contributed by atoms with van der Waals surface area (Å²) in [6.45, 7) is 5.81. The van der Waals surface area contributed by atoms with Gasteiger partial charge in [-0.2, -0.15) is 0 Å². The Labute approximate surface area is 156 Å². The van der Waals surface area contributed by atoms with Gasteiger partial charge < -0.3 is 14.2 Å². The van der Waals surface area contributed by atoms with Gasteiger partial charge in [0.25, 0.3) is 5.91 Å². The summed E-state index contributed by atoms with van der Waals surface area (Å²) in [4.78, 5) is 29.5. The van der Waals surface area contributed by atoms with Crippen LogP contribution in [0.15, 0.2) is 18.2 Å². The summed E-state index contributed by atoms with van der Waals surface area (Å²) >= 11 is 1.08. The SMILES string of the molecule is COC(=O)c1sc(NC(=O)c2cccc(OC)c2OC)nc1C(C)(C)C. The Bertz CT molecular complexity index is 823. The third-order valence-electron chi connectivity index (χ3n) is 3.58. The molecule has 0 aliphatic rings. The van der Waals surface area contributed by atoms with Crippen molar-refractivity contribution in [3.8, 4) is 11.5 Å². The molecule has 1 aromatic heterocycles. The number of ether oxygens (including phenoxy) is 3.